The number of primary amides is 2. The van der Waals surface area contributed by atoms with E-state index in [9.17, 15) is 74.7 Å². The number of fused-ring (bicyclic) bond motifs is 15. The number of aromatic nitrogens is 2. The van der Waals surface area contributed by atoms with E-state index >= 15 is 24.0 Å². The van der Waals surface area contributed by atoms with Crippen LogP contribution in [0.4, 0.5) is 5.82 Å². The van der Waals surface area contributed by atoms with Gasteiger partial charge in [0.15, 0.2) is 30.5 Å². The standard InChI is InChI=1S/C83H100Cl2N14O27/c1-34(2)21-47(88-6)74(112)96-65-67(107)39-12-15-51(45(84)24-39)122-53-26-41-27-54(71(53)126-81-72(70(110)69(109)55(32-100)124-81)125-60-31-83(5,73(111)36(4)121-60)89-18-20-99-19-17-58(92-82(99)119)91-59(106)22-37-9-7-35(3)8-10-37)123-52-16-13-40(25-46(52)85)68(108)66-79(117)95-64(80(118)98-120-33-57(87)105)44-28-42(101)29-50(103)61(44)43-23-38(11-14-49(43)102)62(76(114)97-66)94-77(115)63(41)93-75(113)48(30-56(86)104)90-78(65)116/h11-17,19,23-29,34-37,47-48,55,60,62-70,72-73,81,88-89,100-103,107-111H,7-10,18,20-22,30-33H2,1-6H3,(H2,86,104)(H2,87,105)(H,90,116)(H,93,113)(H,94,115)(H,95,117)(H,96,112)(H,97,114)(H,98,118)(H,91,92,106,119)/t35?,36?,37?,47?,48?,55?,60?,62?,63?,64-,65?,66?,67?,68?,69?,70?,72?,73?,81?,83-/m1/s1. The van der Waals surface area contributed by atoms with E-state index in [2.05, 4.69) is 59.8 Å². The first-order chi connectivity index (χ1) is 59.8. The largest absolute Gasteiger partial charge is 0.508 e. The molecule has 18 atom stereocenters. The molecular formula is C83H100Cl2N14O27. The fourth-order valence-corrected chi connectivity index (χ4v) is 16.5. The molecule has 0 spiro atoms. The van der Waals surface area contributed by atoms with Gasteiger partial charge in [-0.3, -0.25) is 57.4 Å². The van der Waals surface area contributed by atoms with Gasteiger partial charge in [0.1, 0.15) is 101 Å². The van der Waals surface area contributed by atoms with Gasteiger partial charge in [-0.05, 0) is 146 Å². The van der Waals surface area contributed by atoms with Crippen molar-refractivity contribution in [2.24, 2.45) is 29.2 Å². The van der Waals surface area contributed by atoms with E-state index in [4.69, 9.17) is 67.9 Å². The Bertz CT molecular complexity index is 5200. The van der Waals surface area contributed by atoms with Crippen LogP contribution in [0.25, 0.3) is 11.1 Å². The second-order valence-electron chi connectivity index (χ2n) is 32.6. The molecule has 11 bridgehead atoms. The summed E-state index contributed by atoms with van der Waals surface area (Å²) in [5, 5.41) is 129. The van der Waals surface area contributed by atoms with Gasteiger partial charge >= 0.3 is 5.69 Å². The quantitative estimate of drug-likeness (QED) is 0.0391. The summed E-state index contributed by atoms with van der Waals surface area (Å²) in [7, 11) is 1.46. The number of halogens is 2. The molecule has 10 amide bonds. The zero-order chi connectivity index (χ0) is 91.2. The molecule has 16 unspecified atom stereocenters. The van der Waals surface area contributed by atoms with Crippen LogP contribution in [-0.4, -0.2) is 220 Å². The number of amides is 10. The summed E-state index contributed by atoms with van der Waals surface area (Å²) in [6.07, 6.45) is -13.9. The van der Waals surface area contributed by atoms with Crippen molar-refractivity contribution < 1.29 is 127 Å². The first kappa shape index (κ1) is 93.7. The highest BCUT2D eigenvalue weighted by atomic mass is 35.5. The molecule has 14 rings (SSSR count). The minimum Gasteiger partial charge on any atom is -0.508 e. The lowest BCUT2D eigenvalue weighted by Crippen LogP contribution is -2.65. The molecule has 23 N–H and O–H groups in total. The highest BCUT2D eigenvalue weighted by molar-refractivity contribution is 6.32. The Morgan fingerprint density at radius 2 is 1.34 bits per heavy atom. The van der Waals surface area contributed by atoms with Gasteiger partial charge in [0.05, 0.1) is 41.3 Å². The van der Waals surface area contributed by atoms with Gasteiger partial charge in [0.25, 0.3) is 5.91 Å². The van der Waals surface area contributed by atoms with Gasteiger partial charge in [-0.15, -0.1) is 0 Å². The number of likely N-dealkylation sites (N-methyl/N-ethyl adjacent to an activating group) is 1. The number of nitrogens with zero attached hydrogens (tertiary/aromatic N) is 2. The summed E-state index contributed by atoms with van der Waals surface area (Å²) in [6, 6.07) is 0.408. The summed E-state index contributed by atoms with van der Waals surface area (Å²) in [5.74, 6) is -16.6. The number of phenols is 3. The minimum atomic E-state index is -2.41. The van der Waals surface area contributed by atoms with Gasteiger partial charge in [0, 0.05) is 54.9 Å². The van der Waals surface area contributed by atoms with Crippen LogP contribution in [0.2, 0.25) is 10.0 Å². The number of hydrogen-bond donors (Lipinski definition) is 21. The summed E-state index contributed by atoms with van der Waals surface area (Å²) in [4.78, 5) is 167. The number of benzene rings is 5. The molecule has 2 saturated heterocycles. The van der Waals surface area contributed by atoms with Crippen LogP contribution in [0.15, 0.2) is 95.9 Å². The molecule has 6 aromatic rings. The highest BCUT2D eigenvalue weighted by Crippen LogP contribution is 2.50. The molecule has 1 saturated carbocycles. The van der Waals surface area contributed by atoms with Crippen LogP contribution in [0, 0.1) is 17.8 Å². The molecule has 3 fully saturated rings. The van der Waals surface area contributed by atoms with Crippen LogP contribution in [-0.2, 0) is 73.5 Å². The monoisotopic (exact) mass is 1790 g/mol. The molecule has 126 heavy (non-hydrogen) atoms. The van der Waals surface area contributed by atoms with E-state index in [1.165, 1.54) is 42.9 Å². The van der Waals surface area contributed by atoms with Crippen molar-refractivity contribution in [3.63, 3.8) is 0 Å². The third-order valence-electron chi connectivity index (χ3n) is 22.8. The number of hydroxylamine groups is 1. The first-order valence-electron chi connectivity index (χ1n) is 40.5. The van der Waals surface area contributed by atoms with Crippen molar-refractivity contribution in [3.8, 4) is 57.1 Å². The fourth-order valence-electron chi connectivity index (χ4n) is 16.0. The van der Waals surface area contributed by atoms with Crippen molar-refractivity contribution in [1.82, 2.24) is 57.6 Å². The summed E-state index contributed by atoms with van der Waals surface area (Å²) in [5.41, 5.74) is 7.91. The maximum absolute atomic E-state index is 16.3. The SMILES string of the molecule is CNC(CC(C)C)C(=O)NC1C(=O)NC(CC(N)=O)C(=O)NC2C(=O)NC3C(=O)NC(C(=O)N[C@@H](C(=O)NOCC(N)=O)c4cc(O)cc(O)c4-c4cc3ccc4O)C(O)c3ccc(c(Cl)c3)Oc3cc2cc(c3OC2OC(CO)C(O)C(O)C2OC2C[C@@](C)(NCCn3ccc(NC(=O)CC4CCC(C)CC4)nc3=O)C(O)C(C)O2)Oc2ccc(cc2Cl)C1O. The van der Waals surface area contributed by atoms with E-state index in [1.807, 2.05) is 19.3 Å². The molecule has 43 heteroatoms. The van der Waals surface area contributed by atoms with Gasteiger partial charge < -0.3 is 134 Å². The number of aliphatic hydroxyl groups excluding tert-OH is 6. The Morgan fingerprint density at radius 1 is 0.698 bits per heavy atom. The number of aliphatic hydroxyl groups is 6. The van der Waals surface area contributed by atoms with Crippen LogP contribution in [0.5, 0.6) is 46.0 Å². The fraction of sp³-hybridized carbons (Fsp3) is 0.470. The molecule has 41 nitrogen and oxygen atoms in total. The average molecular weight is 1800 g/mol. The van der Waals surface area contributed by atoms with Gasteiger partial charge in [-0.25, -0.2) is 10.3 Å². The summed E-state index contributed by atoms with van der Waals surface area (Å²) < 4.78 is 40.7. The molecule has 1 aromatic heterocycles. The lowest BCUT2D eigenvalue weighted by atomic mass is 9.81. The van der Waals surface area contributed by atoms with E-state index in [1.54, 1.807) is 6.92 Å². The molecule has 8 heterocycles. The molecule has 7 aliphatic heterocycles. The zero-order valence-corrected chi connectivity index (χ0v) is 70.4. The molecule has 5 aromatic carbocycles. The molecule has 0 radical (unpaired) electrons. The van der Waals surface area contributed by atoms with Crippen LogP contribution in [0.1, 0.15) is 144 Å². The Labute approximate surface area is 729 Å². The predicted molar refractivity (Wildman–Crippen MR) is 442 cm³/mol. The highest BCUT2D eigenvalue weighted by Gasteiger charge is 2.52. The number of carbonyl (C=O) groups is 10. The topological polar surface area (TPSA) is 625 Å². The Balaban J connectivity index is 1.000. The smallest absolute Gasteiger partial charge is 0.349 e. The van der Waals surface area contributed by atoms with Crippen LogP contribution in [0.3, 0.4) is 0 Å². The van der Waals surface area contributed by atoms with Crippen LogP contribution < -0.4 is 84.7 Å². The van der Waals surface area contributed by atoms with Crippen molar-refractivity contribution in [2.45, 2.75) is 202 Å². The third kappa shape index (κ3) is 21.6. The second-order valence-corrected chi connectivity index (χ2v) is 33.4. The number of nitrogens with one attached hydrogen (secondary N) is 10. The van der Waals surface area contributed by atoms with Gasteiger partial charge in [-0.1, -0.05) is 75.0 Å². The number of nitrogens with two attached hydrogens (primary N) is 2. The number of anilines is 1. The van der Waals surface area contributed by atoms with E-state index in [0.29, 0.717) is 5.92 Å². The second kappa shape index (κ2) is 40.1. The Kier molecular flexibility index (Phi) is 29.8. The Morgan fingerprint density at radius 3 is 1.97 bits per heavy atom. The normalized spacial score (nSPS) is 27.7. The van der Waals surface area contributed by atoms with Gasteiger partial charge in [0.2, 0.25) is 65.2 Å². The van der Waals surface area contributed by atoms with Crippen LogP contribution >= 0.6 is 23.2 Å². The molecular weight excluding hydrogens is 1700 g/mol. The van der Waals surface area contributed by atoms with Crippen molar-refractivity contribution in [2.75, 3.05) is 32.1 Å². The number of hydrogen-bond acceptors (Lipinski definition) is 30. The summed E-state index contributed by atoms with van der Waals surface area (Å²) in [6.45, 7) is 6.92. The van der Waals surface area contributed by atoms with E-state index in [-0.39, 0.29) is 72.8 Å². The van der Waals surface area contributed by atoms with E-state index < -0.39 is 266 Å². The number of ether oxygens (including phenoxy) is 6. The molecule has 8 aliphatic rings. The maximum Gasteiger partial charge on any atom is 0.349 e. The molecule has 1 aliphatic carbocycles. The lowest BCUT2D eigenvalue weighted by Gasteiger charge is -2.48. The van der Waals surface area contributed by atoms with Crippen molar-refractivity contribution >= 4 is 88.1 Å². The van der Waals surface area contributed by atoms with Gasteiger partial charge in [-0.2, -0.15) is 4.98 Å². The zero-order valence-electron chi connectivity index (χ0n) is 68.9. The first-order valence-corrected chi connectivity index (χ1v) is 41.3. The summed E-state index contributed by atoms with van der Waals surface area (Å²) >= 11 is 14.4. The Hall–Kier alpha value is -11.4. The third-order valence-corrected chi connectivity index (χ3v) is 23.4. The van der Waals surface area contributed by atoms with E-state index in [0.717, 1.165) is 92.4 Å². The predicted octanol–water partition coefficient (Wildman–Crippen LogP) is 0.597. The number of aromatic hydroxyl groups is 3. The van der Waals surface area contributed by atoms with Crippen molar-refractivity contribution in [3.05, 3.63) is 139 Å². The number of phenolic OH excluding ortho intramolecular Hbond substituents is 3. The molecule has 678 valence electrons. The maximum atomic E-state index is 16.3. The van der Waals surface area contributed by atoms with Crippen molar-refractivity contribution in [1.29, 1.82) is 0 Å². The number of carbonyl (C=O) groups excluding carboxylic acids is 10. The number of rotatable bonds is 23. The average Bonchev–Trinajstić information content (AvgIpc) is 0.763. The minimum absolute atomic E-state index is 0.00563. The lowest BCUT2D eigenvalue weighted by molar-refractivity contribution is -0.334.